The number of H-pyrrole nitrogens is 2. The molecule has 0 spiro atoms. The lowest BCUT2D eigenvalue weighted by atomic mass is 9.81. The number of nitrogens with two attached hydrogens (primary N) is 2. The molecule has 1 aliphatic carbocycles. The molecule has 0 unspecified atom stereocenters. The Balaban J connectivity index is 0.00000384. The minimum Gasteiger partial charge on any atom is -0.368 e. The third kappa shape index (κ3) is 6.34. The van der Waals surface area contributed by atoms with E-state index in [0.29, 0.717) is 24.0 Å². The molecular formula is C32H36ClN9O2. The van der Waals surface area contributed by atoms with E-state index in [-0.39, 0.29) is 30.7 Å². The summed E-state index contributed by atoms with van der Waals surface area (Å²) >= 11 is 0. The number of aromatic amines is 2. The number of primary amides is 1. The van der Waals surface area contributed by atoms with E-state index in [4.69, 9.17) is 11.5 Å². The summed E-state index contributed by atoms with van der Waals surface area (Å²) in [6, 6.07) is 18.6. The molecule has 2 amide bonds. The molecule has 1 aliphatic rings. The maximum atomic E-state index is 14.1. The Bertz CT molecular complexity index is 1710. The fourth-order valence-corrected chi connectivity index (χ4v) is 6.12. The van der Waals surface area contributed by atoms with Crippen LogP contribution in [0.2, 0.25) is 0 Å². The average Bonchev–Trinajstić information content (AvgIpc) is 3.73. The van der Waals surface area contributed by atoms with Gasteiger partial charge in [-0.15, -0.1) is 22.6 Å². The number of aromatic nitrogens is 6. The Hall–Kier alpha value is -4.61. The largest absolute Gasteiger partial charge is 0.368 e. The molecule has 0 radical (unpaired) electrons. The zero-order valence-electron chi connectivity index (χ0n) is 24.4. The molecule has 44 heavy (non-hydrogen) atoms. The number of tetrazole rings is 1. The molecule has 0 saturated heterocycles. The predicted octanol–water partition coefficient (Wildman–Crippen LogP) is 4.33. The first-order valence-electron chi connectivity index (χ1n) is 14.6. The van der Waals surface area contributed by atoms with Gasteiger partial charge in [0.25, 0.3) is 0 Å². The van der Waals surface area contributed by atoms with E-state index in [0.717, 1.165) is 64.5 Å². The van der Waals surface area contributed by atoms with Crippen LogP contribution in [0.4, 0.5) is 5.69 Å². The normalized spacial score (nSPS) is 17.1. The molecule has 1 atom stereocenters. The molecule has 3 aromatic carbocycles. The number of carbonyl (C=O) groups is 2. The number of hydrogen-bond acceptors (Lipinski definition) is 7. The lowest BCUT2D eigenvalue weighted by Gasteiger charge is -2.35. The first-order chi connectivity index (χ1) is 20.9. The number of nitrogens with zero attached hydrogens (tertiary/aromatic N) is 5. The van der Waals surface area contributed by atoms with Gasteiger partial charge in [-0.3, -0.25) is 14.5 Å². The van der Waals surface area contributed by atoms with Crippen LogP contribution in [-0.2, 0) is 16.0 Å². The number of halogens is 1. The molecular weight excluding hydrogens is 578 g/mol. The number of rotatable bonds is 9. The molecule has 11 nitrogen and oxygen atoms in total. The number of fused-ring (bicyclic) bond motifs is 1. The molecule has 6 N–H and O–H groups in total. The highest BCUT2D eigenvalue weighted by molar-refractivity contribution is 6.02. The maximum Gasteiger partial charge on any atom is 0.240 e. The third-order valence-electron chi connectivity index (χ3n) is 8.62. The number of hydrogen-bond donors (Lipinski definition) is 4. The monoisotopic (exact) mass is 613 g/mol. The van der Waals surface area contributed by atoms with Crippen molar-refractivity contribution in [1.29, 1.82) is 0 Å². The Labute approximate surface area is 261 Å². The van der Waals surface area contributed by atoms with Gasteiger partial charge in [0.05, 0.1) is 17.4 Å². The second kappa shape index (κ2) is 13.4. The molecule has 12 heteroatoms. The summed E-state index contributed by atoms with van der Waals surface area (Å²) in [6.45, 7) is 2.69. The van der Waals surface area contributed by atoms with Crippen molar-refractivity contribution in [2.45, 2.75) is 45.1 Å². The second-order valence-corrected chi connectivity index (χ2v) is 11.3. The Morgan fingerprint density at radius 3 is 2.34 bits per heavy atom. The topological polar surface area (TPSA) is 173 Å². The SMILES string of the molecule is Cc1cc2nc[nH]c2cc1-c1ccc(C[C@@H](C(N)=O)N(c2ccc(-c3nn[nH]n3)cc2)C(=O)[C@H]2CC[C@H](CN)CC2)cc1.Cl. The van der Waals surface area contributed by atoms with Gasteiger partial charge in [-0.25, -0.2) is 4.98 Å². The van der Waals surface area contributed by atoms with Crippen LogP contribution in [0.3, 0.4) is 0 Å². The summed E-state index contributed by atoms with van der Waals surface area (Å²) in [6.07, 6.45) is 5.23. The first-order valence-corrected chi connectivity index (χ1v) is 14.6. The number of amides is 2. The lowest BCUT2D eigenvalue weighted by molar-refractivity contribution is -0.127. The van der Waals surface area contributed by atoms with Crippen molar-refractivity contribution >= 4 is 40.9 Å². The Morgan fingerprint density at radius 1 is 1.00 bits per heavy atom. The number of nitrogens with one attached hydrogen (secondary N) is 2. The molecule has 0 bridgehead atoms. The molecule has 1 fully saturated rings. The maximum absolute atomic E-state index is 14.1. The highest BCUT2D eigenvalue weighted by Crippen LogP contribution is 2.33. The molecule has 2 heterocycles. The van der Waals surface area contributed by atoms with Crippen LogP contribution in [0, 0.1) is 18.8 Å². The zero-order chi connectivity index (χ0) is 29.9. The van der Waals surface area contributed by atoms with Crippen molar-refractivity contribution in [3.05, 3.63) is 78.1 Å². The minimum absolute atomic E-state index is 0. The van der Waals surface area contributed by atoms with Crippen molar-refractivity contribution in [1.82, 2.24) is 30.6 Å². The van der Waals surface area contributed by atoms with Crippen molar-refractivity contribution in [3.63, 3.8) is 0 Å². The van der Waals surface area contributed by atoms with Crippen molar-refractivity contribution in [3.8, 4) is 22.5 Å². The molecule has 5 aromatic rings. The van der Waals surface area contributed by atoms with E-state index >= 15 is 0 Å². The van der Waals surface area contributed by atoms with Crippen molar-refractivity contribution in [2.75, 3.05) is 11.4 Å². The summed E-state index contributed by atoms with van der Waals surface area (Å²) in [5.74, 6) is 0.0135. The fraction of sp³-hybridized carbons (Fsp3) is 0.312. The van der Waals surface area contributed by atoms with Crippen LogP contribution in [0.25, 0.3) is 33.5 Å². The number of carbonyl (C=O) groups excluding carboxylic acids is 2. The number of benzene rings is 3. The van der Waals surface area contributed by atoms with E-state index in [1.807, 2.05) is 48.5 Å². The zero-order valence-corrected chi connectivity index (χ0v) is 25.3. The molecule has 1 saturated carbocycles. The lowest BCUT2D eigenvalue weighted by Crippen LogP contribution is -2.52. The second-order valence-electron chi connectivity index (χ2n) is 11.3. The number of aryl methyl sites for hydroxylation is 1. The van der Waals surface area contributed by atoms with Gasteiger partial charge in [0.15, 0.2) is 0 Å². The third-order valence-corrected chi connectivity index (χ3v) is 8.62. The van der Waals surface area contributed by atoms with Crippen molar-refractivity contribution in [2.24, 2.45) is 23.3 Å². The van der Waals surface area contributed by atoms with Crippen molar-refractivity contribution < 1.29 is 9.59 Å². The smallest absolute Gasteiger partial charge is 0.240 e. The van der Waals surface area contributed by atoms with Gasteiger partial charge in [-0.1, -0.05) is 24.3 Å². The Kier molecular flexibility index (Phi) is 9.36. The molecule has 0 aliphatic heterocycles. The van der Waals surface area contributed by atoms with Crippen LogP contribution in [0.1, 0.15) is 36.8 Å². The van der Waals surface area contributed by atoms with E-state index in [2.05, 4.69) is 49.6 Å². The van der Waals surface area contributed by atoms with Crippen LogP contribution in [-0.4, -0.2) is 55.0 Å². The highest BCUT2D eigenvalue weighted by Gasteiger charge is 2.36. The van der Waals surface area contributed by atoms with Gasteiger partial charge in [0.1, 0.15) is 6.04 Å². The quantitative estimate of drug-likeness (QED) is 0.191. The summed E-state index contributed by atoms with van der Waals surface area (Å²) in [4.78, 5) is 36.3. The van der Waals surface area contributed by atoms with Gasteiger partial charge in [-0.2, -0.15) is 5.21 Å². The van der Waals surface area contributed by atoms with Crippen LogP contribution in [0.5, 0.6) is 0 Å². The predicted molar refractivity (Wildman–Crippen MR) is 172 cm³/mol. The fourth-order valence-electron chi connectivity index (χ4n) is 6.12. The van der Waals surface area contributed by atoms with E-state index in [1.165, 1.54) is 0 Å². The summed E-state index contributed by atoms with van der Waals surface area (Å²) < 4.78 is 0. The standard InChI is InChI=1S/C32H35N9O2.ClH/c1-19-14-27-28(36-18-35-27)16-26(19)22-6-2-20(3-7-22)15-29(30(34)42)41(32(43)24-8-4-21(17-33)5-9-24)25-12-10-23(11-13-25)31-37-39-40-38-31;/h2-3,6-7,10-14,16,18,21,24,29H,4-5,8-9,15,17,33H2,1H3,(H2,34,42)(H,35,36)(H,37,38,39,40);1H/t21-,24-,29-;/m0./s1. The summed E-state index contributed by atoms with van der Waals surface area (Å²) in [5, 5.41) is 14.1. The van der Waals surface area contributed by atoms with Gasteiger partial charge in [0.2, 0.25) is 17.6 Å². The molecule has 228 valence electrons. The van der Waals surface area contributed by atoms with Crippen LogP contribution >= 0.6 is 12.4 Å². The highest BCUT2D eigenvalue weighted by atomic mass is 35.5. The van der Waals surface area contributed by atoms with E-state index < -0.39 is 11.9 Å². The first kappa shape index (κ1) is 30.8. The Morgan fingerprint density at radius 2 is 1.70 bits per heavy atom. The number of imidazole rings is 1. The molecule has 6 rings (SSSR count). The van der Waals surface area contributed by atoms with Gasteiger partial charge in [0, 0.05) is 23.6 Å². The van der Waals surface area contributed by atoms with E-state index in [1.54, 1.807) is 11.2 Å². The summed E-state index contributed by atoms with van der Waals surface area (Å²) in [5.41, 5.74) is 19.3. The minimum atomic E-state index is -0.871. The van der Waals surface area contributed by atoms with Crippen LogP contribution < -0.4 is 16.4 Å². The van der Waals surface area contributed by atoms with Crippen LogP contribution in [0.15, 0.2) is 67.0 Å². The van der Waals surface area contributed by atoms with E-state index in [9.17, 15) is 9.59 Å². The van der Waals surface area contributed by atoms with Gasteiger partial charge < -0.3 is 16.5 Å². The van der Waals surface area contributed by atoms with Gasteiger partial charge in [-0.05, 0) is 109 Å². The molecule has 2 aromatic heterocycles. The van der Waals surface area contributed by atoms with Gasteiger partial charge >= 0.3 is 0 Å². The summed E-state index contributed by atoms with van der Waals surface area (Å²) in [7, 11) is 0. The number of anilines is 1. The average molecular weight is 614 g/mol.